The van der Waals surface area contributed by atoms with E-state index in [0.717, 1.165) is 67.4 Å². The molecule has 0 aromatic carbocycles. The molecule has 0 aliphatic carbocycles. The van der Waals surface area contributed by atoms with Crippen molar-refractivity contribution in [2.24, 2.45) is 4.99 Å². The Kier molecular flexibility index (Phi) is 5.70. The van der Waals surface area contributed by atoms with Crippen molar-refractivity contribution in [1.29, 1.82) is 0 Å². The maximum absolute atomic E-state index is 5.15. The van der Waals surface area contributed by atoms with Gasteiger partial charge in [-0.25, -0.2) is 4.98 Å². The second kappa shape index (κ2) is 7.97. The third-order valence-corrected chi connectivity index (χ3v) is 5.43. The molecule has 25 heavy (non-hydrogen) atoms. The van der Waals surface area contributed by atoms with Crippen LogP contribution in [0.3, 0.4) is 0 Å². The topological polar surface area (TPSA) is 69.8 Å². The molecular weight excluding hydrogens is 336 g/mol. The molecule has 8 heteroatoms. The fraction of sp³-hybridized carbons (Fsp3) is 0.588. The van der Waals surface area contributed by atoms with Crippen molar-refractivity contribution in [3.63, 3.8) is 0 Å². The van der Waals surface area contributed by atoms with Crippen molar-refractivity contribution in [3.05, 3.63) is 33.1 Å². The molecule has 3 rings (SSSR count). The zero-order chi connectivity index (χ0) is 17.8. The molecule has 2 aromatic heterocycles. The summed E-state index contributed by atoms with van der Waals surface area (Å²) in [6, 6.07) is 2.01. The highest BCUT2D eigenvalue weighted by Crippen LogP contribution is 2.17. The monoisotopic (exact) mass is 362 g/mol. The van der Waals surface area contributed by atoms with Crippen molar-refractivity contribution >= 4 is 17.3 Å². The predicted molar refractivity (Wildman–Crippen MR) is 99.9 cm³/mol. The average molecular weight is 363 g/mol. The Morgan fingerprint density at radius 2 is 2.04 bits per heavy atom. The number of aliphatic imine (C=N–C) groups is 1. The quantitative estimate of drug-likeness (QED) is 0.662. The maximum atomic E-state index is 5.15. The smallest absolute Gasteiger partial charge is 0.194 e. The second-order valence-corrected chi connectivity index (χ2v) is 7.62. The van der Waals surface area contributed by atoms with Crippen LogP contribution in [-0.4, -0.2) is 59.1 Å². The van der Waals surface area contributed by atoms with E-state index in [4.69, 9.17) is 4.52 Å². The molecule has 0 amide bonds. The summed E-state index contributed by atoms with van der Waals surface area (Å²) in [5.74, 6) is 1.83. The van der Waals surface area contributed by atoms with Crippen LogP contribution >= 0.6 is 11.3 Å². The van der Waals surface area contributed by atoms with E-state index in [1.165, 1.54) is 4.88 Å². The number of hydrogen-bond donors (Lipinski definition) is 1. The first-order valence-corrected chi connectivity index (χ1v) is 9.40. The molecule has 1 aliphatic heterocycles. The summed E-state index contributed by atoms with van der Waals surface area (Å²) in [5.41, 5.74) is 2.11. The number of thiazole rings is 1. The molecule has 1 aliphatic rings. The zero-order valence-electron chi connectivity index (χ0n) is 15.4. The first-order valence-electron chi connectivity index (χ1n) is 8.58. The van der Waals surface area contributed by atoms with Gasteiger partial charge >= 0.3 is 0 Å². The molecule has 136 valence electrons. The number of aryl methyl sites for hydroxylation is 3. The summed E-state index contributed by atoms with van der Waals surface area (Å²) >= 11 is 1.75. The Hall–Kier alpha value is -1.93. The highest BCUT2D eigenvalue weighted by Gasteiger charge is 2.20. The molecule has 0 unspecified atom stereocenters. The molecule has 1 fully saturated rings. The first-order chi connectivity index (χ1) is 12.0. The molecule has 7 nitrogen and oxygen atoms in total. The molecule has 0 saturated carbocycles. The average Bonchev–Trinajstić information content (AvgIpc) is 3.14. The number of piperazine rings is 1. The predicted octanol–water partition coefficient (Wildman–Crippen LogP) is 1.95. The van der Waals surface area contributed by atoms with E-state index in [1.807, 2.05) is 27.0 Å². The molecule has 1 saturated heterocycles. The Labute approximate surface area is 152 Å². The van der Waals surface area contributed by atoms with Gasteiger partial charge in [-0.15, -0.1) is 11.3 Å². The zero-order valence-corrected chi connectivity index (χ0v) is 16.2. The van der Waals surface area contributed by atoms with Gasteiger partial charge in [0.25, 0.3) is 0 Å². The summed E-state index contributed by atoms with van der Waals surface area (Å²) in [6.45, 7) is 11.6. The van der Waals surface area contributed by atoms with Crippen LogP contribution in [0, 0.1) is 20.8 Å². The number of guanidine groups is 1. The number of nitrogens with zero attached hydrogens (tertiary/aromatic N) is 5. The van der Waals surface area contributed by atoms with E-state index in [-0.39, 0.29) is 0 Å². The minimum atomic E-state index is 0.780. The Morgan fingerprint density at radius 3 is 2.60 bits per heavy atom. The molecule has 0 radical (unpaired) electrons. The van der Waals surface area contributed by atoms with E-state index in [0.29, 0.717) is 0 Å². The van der Waals surface area contributed by atoms with Crippen LogP contribution in [0.5, 0.6) is 0 Å². The van der Waals surface area contributed by atoms with Gasteiger partial charge in [-0.3, -0.25) is 9.89 Å². The normalized spacial score (nSPS) is 16.5. The fourth-order valence-corrected chi connectivity index (χ4v) is 3.95. The van der Waals surface area contributed by atoms with Gasteiger partial charge in [-0.1, -0.05) is 5.16 Å². The van der Waals surface area contributed by atoms with Gasteiger partial charge in [0.2, 0.25) is 0 Å². The second-order valence-electron chi connectivity index (χ2n) is 6.33. The Morgan fingerprint density at radius 1 is 1.28 bits per heavy atom. The third-order valence-electron chi connectivity index (χ3n) is 4.35. The summed E-state index contributed by atoms with van der Waals surface area (Å²) in [6.07, 6.45) is 0. The number of aromatic nitrogens is 2. The lowest BCUT2D eigenvalue weighted by Gasteiger charge is -2.36. The largest absolute Gasteiger partial charge is 0.361 e. The molecule has 3 heterocycles. The molecule has 2 aromatic rings. The van der Waals surface area contributed by atoms with Gasteiger partial charge in [-0.05, 0) is 20.8 Å². The van der Waals surface area contributed by atoms with Crippen molar-refractivity contribution in [2.75, 3.05) is 33.2 Å². The lowest BCUT2D eigenvalue weighted by Crippen LogP contribution is -2.52. The highest BCUT2D eigenvalue weighted by molar-refractivity contribution is 7.11. The van der Waals surface area contributed by atoms with Crippen LogP contribution in [0.25, 0.3) is 0 Å². The minimum Gasteiger partial charge on any atom is -0.361 e. The maximum Gasteiger partial charge on any atom is 0.194 e. The highest BCUT2D eigenvalue weighted by atomic mass is 32.1. The molecule has 0 atom stereocenters. The van der Waals surface area contributed by atoms with Crippen LogP contribution in [0.4, 0.5) is 0 Å². The fourth-order valence-electron chi connectivity index (χ4n) is 3.07. The van der Waals surface area contributed by atoms with Crippen molar-refractivity contribution in [2.45, 2.75) is 33.9 Å². The van der Waals surface area contributed by atoms with Crippen LogP contribution in [0.1, 0.15) is 27.0 Å². The minimum absolute atomic E-state index is 0.780. The number of hydrogen-bond acceptors (Lipinski definition) is 6. The Balaban J connectivity index is 1.49. The summed E-state index contributed by atoms with van der Waals surface area (Å²) in [5, 5.41) is 8.67. The standard InChI is InChI=1S/C17H26N6OS/c1-12-9-15(21-24-12)11-22-5-7-23(8-6-22)17(18-4)19-10-16-13(2)20-14(3)25-16/h9H,5-8,10-11H2,1-4H3,(H,18,19). The van der Waals surface area contributed by atoms with E-state index >= 15 is 0 Å². The first kappa shape index (κ1) is 17.9. The van der Waals surface area contributed by atoms with Gasteiger partial charge in [0.05, 0.1) is 22.9 Å². The SMILES string of the molecule is CN=C(NCc1sc(C)nc1C)N1CCN(Cc2cc(C)on2)CC1. The van der Waals surface area contributed by atoms with E-state index < -0.39 is 0 Å². The van der Waals surface area contributed by atoms with Gasteiger partial charge in [0, 0.05) is 50.7 Å². The van der Waals surface area contributed by atoms with Crippen molar-refractivity contribution in [1.82, 2.24) is 25.3 Å². The summed E-state index contributed by atoms with van der Waals surface area (Å²) in [4.78, 5) is 14.9. The van der Waals surface area contributed by atoms with Gasteiger partial charge in [-0.2, -0.15) is 0 Å². The van der Waals surface area contributed by atoms with Crippen molar-refractivity contribution in [3.8, 4) is 0 Å². The molecule has 0 bridgehead atoms. The lowest BCUT2D eigenvalue weighted by atomic mass is 10.3. The van der Waals surface area contributed by atoms with Crippen LogP contribution in [0.15, 0.2) is 15.6 Å². The third kappa shape index (κ3) is 4.58. The molecular formula is C17H26N6OS. The number of nitrogens with one attached hydrogen (secondary N) is 1. The van der Waals surface area contributed by atoms with Crippen LogP contribution < -0.4 is 5.32 Å². The van der Waals surface area contributed by atoms with Crippen LogP contribution in [-0.2, 0) is 13.1 Å². The van der Waals surface area contributed by atoms with Gasteiger partial charge < -0.3 is 14.7 Å². The van der Waals surface area contributed by atoms with E-state index in [9.17, 15) is 0 Å². The molecule has 1 N–H and O–H groups in total. The Bertz CT molecular complexity index is 729. The van der Waals surface area contributed by atoms with E-state index in [2.05, 4.69) is 37.2 Å². The van der Waals surface area contributed by atoms with E-state index in [1.54, 1.807) is 11.3 Å². The van der Waals surface area contributed by atoms with Crippen LogP contribution in [0.2, 0.25) is 0 Å². The summed E-state index contributed by atoms with van der Waals surface area (Å²) < 4.78 is 5.15. The molecule has 0 spiro atoms. The summed E-state index contributed by atoms with van der Waals surface area (Å²) in [7, 11) is 1.84. The van der Waals surface area contributed by atoms with Gasteiger partial charge in [0.15, 0.2) is 5.96 Å². The van der Waals surface area contributed by atoms with Crippen molar-refractivity contribution < 1.29 is 4.52 Å². The lowest BCUT2D eigenvalue weighted by molar-refractivity contribution is 0.169. The number of rotatable bonds is 4. The van der Waals surface area contributed by atoms with Gasteiger partial charge in [0.1, 0.15) is 5.76 Å².